The highest BCUT2D eigenvalue weighted by atomic mass is 35.5. The summed E-state index contributed by atoms with van der Waals surface area (Å²) >= 11 is 6.83. The van der Waals surface area contributed by atoms with Gasteiger partial charge in [-0.3, -0.25) is 4.79 Å². The number of carbonyl (C=O) groups excluding carboxylic acids is 2. The Labute approximate surface area is 124 Å². The molecule has 0 spiro atoms. The average Bonchev–Trinajstić information content (AvgIpc) is 2.91. The molecule has 0 unspecified atom stereocenters. The lowest BCUT2D eigenvalue weighted by Gasteiger charge is -2.02. The van der Waals surface area contributed by atoms with Crippen LogP contribution >= 0.6 is 22.9 Å². The minimum atomic E-state index is -0.525. The number of hydrogen-bond donors (Lipinski definition) is 1. The van der Waals surface area contributed by atoms with Crippen molar-refractivity contribution in [1.82, 2.24) is 4.98 Å². The molecule has 0 aliphatic rings. The van der Waals surface area contributed by atoms with E-state index in [1.807, 2.05) is 0 Å². The maximum absolute atomic E-state index is 11.9. The van der Waals surface area contributed by atoms with Crippen LogP contribution in [0.25, 0.3) is 0 Å². The summed E-state index contributed by atoms with van der Waals surface area (Å²) in [5.74, 6) is -0.915. The minimum absolute atomic E-state index is 0.160. The Morgan fingerprint density at radius 2 is 2.05 bits per heavy atom. The predicted octanol–water partition coefficient (Wildman–Crippen LogP) is 3.23. The normalized spacial score (nSPS) is 10.1. The second kappa shape index (κ2) is 6.49. The van der Waals surface area contributed by atoms with Crippen molar-refractivity contribution >= 4 is 40.5 Å². The van der Waals surface area contributed by atoms with Gasteiger partial charge in [-0.25, -0.2) is 9.78 Å². The van der Waals surface area contributed by atoms with Gasteiger partial charge in [0.1, 0.15) is 5.69 Å². The molecule has 0 atom stereocenters. The third-order valence-electron chi connectivity index (χ3n) is 2.29. The molecule has 0 aliphatic carbocycles. The number of thiazole rings is 1. The van der Waals surface area contributed by atoms with Crippen molar-refractivity contribution in [2.45, 2.75) is 6.92 Å². The maximum atomic E-state index is 11.9. The quantitative estimate of drug-likeness (QED) is 0.880. The molecule has 1 amide bonds. The summed E-state index contributed by atoms with van der Waals surface area (Å²) in [5, 5.41) is 4.92. The molecule has 0 saturated carbocycles. The monoisotopic (exact) mass is 310 g/mol. The molecular weight excluding hydrogens is 300 g/mol. The number of anilines is 1. The van der Waals surface area contributed by atoms with E-state index in [0.29, 0.717) is 10.7 Å². The Kier molecular flexibility index (Phi) is 4.70. The number of halogens is 1. The van der Waals surface area contributed by atoms with Gasteiger partial charge >= 0.3 is 5.97 Å². The van der Waals surface area contributed by atoms with E-state index in [4.69, 9.17) is 16.3 Å². The zero-order valence-electron chi connectivity index (χ0n) is 10.6. The van der Waals surface area contributed by atoms with Gasteiger partial charge in [0.05, 0.1) is 6.61 Å². The Morgan fingerprint density at radius 3 is 2.70 bits per heavy atom. The molecule has 1 heterocycles. The van der Waals surface area contributed by atoms with Crippen molar-refractivity contribution in [1.29, 1.82) is 0 Å². The van der Waals surface area contributed by atoms with Gasteiger partial charge in [-0.15, -0.1) is 11.3 Å². The molecule has 0 radical (unpaired) electrons. The van der Waals surface area contributed by atoms with Crippen molar-refractivity contribution in [3.8, 4) is 0 Å². The van der Waals surface area contributed by atoms with Gasteiger partial charge in [0.15, 0.2) is 0 Å². The number of rotatable bonds is 4. The highest BCUT2D eigenvalue weighted by Gasteiger charge is 2.16. The Hall–Kier alpha value is -1.92. The van der Waals surface area contributed by atoms with Crippen LogP contribution in [0.2, 0.25) is 5.02 Å². The summed E-state index contributed by atoms with van der Waals surface area (Å²) in [6, 6.07) is 6.70. The van der Waals surface area contributed by atoms with Gasteiger partial charge in [0.25, 0.3) is 5.91 Å². The molecule has 2 aromatic rings. The van der Waals surface area contributed by atoms with E-state index in [1.54, 1.807) is 31.2 Å². The molecule has 1 N–H and O–H groups in total. The first kappa shape index (κ1) is 14.5. The summed E-state index contributed by atoms with van der Waals surface area (Å²) in [7, 11) is 0. The van der Waals surface area contributed by atoms with E-state index in [2.05, 4.69) is 10.3 Å². The zero-order valence-corrected chi connectivity index (χ0v) is 12.1. The first-order valence-electron chi connectivity index (χ1n) is 5.79. The summed E-state index contributed by atoms with van der Waals surface area (Å²) in [4.78, 5) is 27.3. The number of benzene rings is 1. The number of aromatic nitrogens is 1. The molecule has 0 fully saturated rings. The van der Waals surface area contributed by atoms with Crippen LogP contribution in [-0.4, -0.2) is 23.5 Å². The van der Waals surface area contributed by atoms with Crippen LogP contribution in [0.1, 0.15) is 27.2 Å². The molecular formula is C13H11ClN2O3S. The number of amides is 1. The van der Waals surface area contributed by atoms with Crippen molar-refractivity contribution in [2.24, 2.45) is 0 Å². The molecule has 0 saturated heterocycles. The van der Waals surface area contributed by atoms with Crippen LogP contribution in [0.5, 0.6) is 0 Å². The molecule has 1 aromatic carbocycles. The van der Waals surface area contributed by atoms with Crippen LogP contribution in [0.4, 0.5) is 5.69 Å². The summed E-state index contributed by atoms with van der Waals surface area (Å²) in [5.41, 5.74) is 0.776. The second-order valence-electron chi connectivity index (χ2n) is 3.72. The van der Waals surface area contributed by atoms with Crippen molar-refractivity contribution in [2.75, 3.05) is 11.9 Å². The minimum Gasteiger partial charge on any atom is -0.461 e. The highest BCUT2D eigenvalue weighted by Crippen LogP contribution is 2.16. The van der Waals surface area contributed by atoms with Crippen LogP contribution in [0.3, 0.4) is 0 Å². The highest BCUT2D eigenvalue weighted by molar-refractivity contribution is 7.11. The van der Waals surface area contributed by atoms with Gasteiger partial charge in [-0.1, -0.05) is 11.6 Å². The van der Waals surface area contributed by atoms with Gasteiger partial charge in [0, 0.05) is 16.1 Å². The topological polar surface area (TPSA) is 68.3 Å². The standard InChI is InChI=1S/C13H11ClN2O3S/c1-2-19-13(18)12-16-10(7-20-12)11(17)15-9-5-3-8(14)4-6-9/h3-7H,2H2,1H3,(H,15,17). The fourth-order valence-electron chi connectivity index (χ4n) is 1.39. The maximum Gasteiger partial charge on any atom is 0.367 e. The Balaban J connectivity index is 2.06. The third-order valence-corrected chi connectivity index (χ3v) is 3.36. The van der Waals surface area contributed by atoms with Crippen LogP contribution in [0.15, 0.2) is 29.6 Å². The lowest BCUT2D eigenvalue weighted by molar-refractivity contribution is 0.0526. The van der Waals surface area contributed by atoms with Gasteiger partial charge in [-0.05, 0) is 31.2 Å². The van der Waals surface area contributed by atoms with E-state index in [0.717, 1.165) is 11.3 Å². The number of hydrogen-bond acceptors (Lipinski definition) is 5. The van der Waals surface area contributed by atoms with Crippen molar-refractivity contribution < 1.29 is 14.3 Å². The van der Waals surface area contributed by atoms with Crippen LogP contribution < -0.4 is 5.32 Å². The first-order chi connectivity index (χ1) is 9.60. The number of ether oxygens (including phenoxy) is 1. The summed E-state index contributed by atoms with van der Waals surface area (Å²) < 4.78 is 4.82. The molecule has 2 rings (SSSR count). The Morgan fingerprint density at radius 1 is 1.35 bits per heavy atom. The van der Waals surface area contributed by atoms with Crippen molar-refractivity contribution in [3.05, 3.63) is 45.4 Å². The second-order valence-corrected chi connectivity index (χ2v) is 5.01. The van der Waals surface area contributed by atoms with Crippen molar-refractivity contribution in [3.63, 3.8) is 0 Å². The fraction of sp³-hybridized carbons (Fsp3) is 0.154. The zero-order chi connectivity index (χ0) is 14.5. The van der Waals surface area contributed by atoms with Gasteiger partial charge in [-0.2, -0.15) is 0 Å². The van der Waals surface area contributed by atoms with Gasteiger partial charge < -0.3 is 10.1 Å². The largest absolute Gasteiger partial charge is 0.461 e. The Bertz CT molecular complexity index is 625. The molecule has 7 heteroatoms. The van der Waals surface area contributed by atoms with E-state index in [1.165, 1.54) is 5.38 Å². The number of nitrogens with one attached hydrogen (secondary N) is 1. The van der Waals surface area contributed by atoms with Crippen LogP contribution in [0, 0.1) is 0 Å². The predicted molar refractivity (Wildman–Crippen MR) is 77.5 cm³/mol. The SMILES string of the molecule is CCOC(=O)c1nc(C(=O)Nc2ccc(Cl)cc2)cs1. The number of esters is 1. The lowest BCUT2D eigenvalue weighted by atomic mass is 10.3. The van der Waals surface area contributed by atoms with Crippen LogP contribution in [-0.2, 0) is 4.74 Å². The summed E-state index contributed by atoms with van der Waals surface area (Å²) in [6.45, 7) is 1.98. The molecule has 1 aromatic heterocycles. The molecule has 104 valence electrons. The average molecular weight is 311 g/mol. The first-order valence-corrected chi connectivity index (χ1v) is 7.05. The lowest BCUT2D eigenvalue weighted by Crippen LogP contribution is -2.13. The molecule has 20 heavy (non-hydrogen) atoms. The van der Waals surface area contributed by atoms with E-state index in [9.17, 15) is 9.59 Å². The molecule has 0 aliphatic heterocycles. The van der Waals surface area contributed by atoms with E-state index >= 15 is 0 Å². The van der Waals surface area contributed by atoms with Gasteiger partial charge in [0.2, 0.25) is 5.01 Å². The number of nitrogens with zero attached hydrogens (tertiary/aromatic N) is 1. The molecule has 0 bridgehead atoms. The van der Waals surface area contributed by atoms with E-state index in [-0.39, 0.29) is 23.2 Å². The summed E-state index contributed by atoms with van der Waals surface area (Å²) in [6.07, 6.45) is 0. The smallest absolute Gasteiger partial charge is 0.367 e. The third kappa shape index (κ3) is 3.55. The fourth-order valence-corrected chi connectivity index (χ4v) is 2.21. The number of carbonyl (C=O) groups is 2. The van der Waals surface area contributed by atoms with E-state index < -0.39 is 5.97 Å². The molecule has 5 nitrogen and oxygen atoms in total.